The van der Waals surface area contributed by atoms with Crippen LogP contribution in [0.1, 0.15) is 48.0 Å². The van der Waals surface area contributed by atoms with Gasteiger partial charge in [0, 0.05) is 30.1 Å². The van der Waals surface area contributed by atoms with E-state index in [0.717, 1.165) is 34.8 Å². The summed E-state index contributed by atoms with van der Waals surface area (Å²) in [5.74, 6) is 2.26. The molecule has 0 saturated heterocycles. The fourth-order valence-corrected chi connectivity index (χ4v) is 3.87. The third-order valence-corrected chi connectivity index (χ3v) is 5.97. The molecule has 0 atom stereocenters. The molecular weight excluding hydrogens is 519 g/mol. The van der Waals surface area contributed by atoms with Crippen molar-refractivity contribution in [3.05, 3.63) is 88.0 Å². The molecule has 0 aliphatic heterocycles. The second kappa shape index (κ2) is 11.1. The van der Waals surface area contributed by atoms with Gasteiger partial charge >= 0.3 is 12.2 Å². The highest BCUT2D eigenvalue weighted by molar-refractivity contribution is 6.31. The maximum atomic E-state index is 13.1. The van der Waals surface area contributed by atoms with Gasteiger partial charge in [0.15, 0.2) is 0 Å². The minimum atomic E-state index is -4.63. The second-order valence-electron chi connectivity index (χ2n) is 8.93. The van der Waals surface area contributed by atoms with Gasteiger partial charge in [0.2, 0.25) is 0 Å². The van der Waals surface area contributed by atoms with E-state index >= 15 is 0 Å². The van der Waals surface area contributed by atoms with Gasteiger partial charge in [0.25, 0.3) is 0 Å². The Labute approximate surface area is 222 Å². The first-order valence-electron chi connectivity index (χ1n) is 11.7. The molecular formula is C26H25ClF3N7O. The lowest BCUT2D eigenvalue weighted by molar-refractivity contribution is -0.137. The molecule has 4 rings (SSSR count). The van der Waals surface area contributed by atoms with Gasteiger partial charge in [-0.2, -0.15) is 18.3 Å². The van der Waals surface area contributed by atoms with Crippen molar-refractivity contribution in [2.75, 3.05) is 16.0 Å². The van der Waals surface area contributed by atoms with Gasteiger partial charge in [-0.3, -0.25) is 5.10 Å². The largest absolute Gasteiger partial charge is 0.417 e. The molecule has 0 aliphatic carbocycles. The van der Waals surface area contributed by atoms with Crippen molar-refractivity contribution in [1.29, 1.82) is 0 Å². The first kappa shape index (κ1) is 26.9. The van der Waals surface area contributed by atoms with E-state index in [1.165, 1.54) is 6.07 Å². The Morgan fingerprint density at radius 2 is 1.76 bits per heavy atom. The number of nitrogens with one attached hydrogen (secondary N) is 4. The number of aromatic nitrogens is 4. The second-order valence-corrected chi connectivity index (χ2v) is 9.34. The lowest BCUT2D eigenvalue weighted by Gasteiger charge is -2.13. The van der Waals surface area contributed by atoms with Crippen LogP contribution in [0.4, 0.5) is 41.0 Å². The highest BCUT2D eigenvalue weighted by Gasteiger charge is 2.33. The molecule has 198 valence electrons. The van der Waals surface area contributed by atoms with Crippen LogP contribution in [0.15, 0.2) is 54.7 Å². The summed E-state index contributed by atoms with van der Waals surface area (Å²) in [6, 6.07) is 11.5. The predicted octanol–water partition coefficient (Wildman–Crippen LogP) is 7.28. The molecule has 12 heteroatoms. The first-order chi connectivity index (χ1) is 18.0. The third kappa shape index (κ3) is 6.80. The molecule has 2 aromatic heterocycles. The number of rotatable bonds is 7. The van der Waals surface area contributed by atoms with Gasteiger partial charge in [-0.1, -0.05) is 31.5 Å². The number of hydrogen-bond acceptors (Lipinski definition) is 5. The number of benzene rings is 2. The monoisotopic (exact) mass is 543 g/mol. The van der Waals surface area contributed by atoms with Gasteiger partial charge in [-0.25, -0.2) is 14.8 Å². The average molecular weight is 544 g/mol. The van der Waals surface area contributed by atoms with Gasteiger partial charge in [-0.05, 0) is 60.4 Å². The maximum absolute atomic E-state index is 13.1. The normalized spacial score (nSPS) is 11.5. The Bertz CT molecular complexity index is 1450. The first-order valence-corrected chi connectivity index (χ1v) is 12.0. The minimum absolute atomic E-state index is 0.0335. The van der Waals surface area contributed by atoms with Crippen LogP contribution in [0.25, 0.3) is 0 Å². The van der Waals surface area contributed by atoms with Crippen LogP contribution in [0.5, 0.6) is 0 Å². The van der Waals surface area contributed by atoms with E-state index in [-0.39, 0.29) is 5.69 Å². The molecule has 0 aliphatic rings. The van der Waals surface area contributed by atoms with Crippen molar-refractivity contribution < 1.29 is 18.0 Å². The molecule has 4 aromatic rings. The quantitative estimate of drug-likeness (QED) is 0.196. The summed E-state index contributed by atoms with van der Waals surface area (Å²) in [4.78, 5) is 21.3. The molecule has 8 nitrogen and oxygen atoms in total. The molecule has 2 heterocycles. The van der Waals surface area contributed by atoms with Crippen molar-refractivity contribution in [1.82, 2.24) is 20.2 Å². The lowest BCUT2D eigenvalue weighted by Crippen LogP contribution is -2.20. The predicted molar refractivity (Wildman–Crippen MR) is 141 cm³/mol. The van der Waals surface area contributed by atoms with Crippen molar-refractivity contribution in [3.8, 4) is 0 Å². The summed E-state index contributed by atoms with van der Waals surface area (Å²) < 4.78 is 39.2. The maximum Gasteiger partial charge on any atom is 0.417 e. The Morgan fingerprint density at radius 3 is 2.42 bits per heavy atom. The number of H-pyrrole nitrogens is 1. The number of halogens is 4. The Balaban J connectivity index is 1.39. The fourth-order valence-electron chi connectivity index (χ4n) is 3.64. The molecule has 4 N–H and O–H groups in total. The van der Waals surface area contributed by atoms with E-state index in [9.17, 15) is 18.0 Å². The Kier molecular flexibility index (Phi) is 7.86. The number of anilines is 4. The number of hydrogen-bond donors (Lipinski definition) is 4. The van der Waals surface area contributed by atoms with E-state index in [1.807, 2.05) is 19.1 Å². The van der Waals surface area contributed by atoms with Gasteiger partial charge in [0.05, 0.1) is 16.3 Å². The molecule has 0 saturated carbocycles. The number of aryl methyl sites for hydroxylation is 1. The molecule has 0 unspecified atom stereocenters. The summed E-state index contributed by atoms with van der Waals surface area (Å²) in [6.45, 7) is 6.00. The molecule has 0 fully saturated rings. The number of aromatic amines is 1. The Morgan fingerprint density at radius 1 is 1.05 bits per heavy atom. The van der Waals surface area contributed by atoms with E-state index in [1.54, 1.807) is 24.4 Å². The van der Waals surface area contributed by atoms with Crippen LogP contribution in [-0.4, -0.2) is 26.2 Å². The smallest absolute Gasteiger partial charge is 0.325 e. The minimum Gasteiger partial charge on any atom is -0.325 e. The van der Waals surface area contributed by atoms with Crippen LogP contribution >= 0.6 is 11.6 Å². The summed E-state index contributed by atoms with van der Waals surface area (Å²) in [5.41, 5.74) is 2.19. The molecule has 2 aromatic carbocycles. The van der Waals surface area contributed by atoms with Crippen LogP contribution in [-0.2, 0) is 12.6 Å². The van der Waals surface area contributed by atoms with Gasteiger partial charge in [0.1, 0.15) is 17.5 Å². The van der Waals surface area contributed by atoms with E-state index in [0.29, 0.717) is 29.7 Å². The third-order valence-electron chi connectivity index (χ3n) is 5.64. The van der Waals surface area contributed by atoms with Crippen LogP contribution in [0.2, 0.25) is 5.02 Å². The average Bonchev–Trinajstić information content (AvgIpc) is 3.30. The zero-order valence-corrected chi connectivity index (χ0v) is 21.5. The standard InChI is InChI=1S/C26H25ClF3N7O/c1-14(2)21-13-24(37-36-21)35-22-8-9-31-23(34-22)11-16-4-5-17(10-15(16)3)32-25(38)33-18-6-7-20(27)19(12-18)26(28,29)30/h4-10,12-14H,11H2,1-3H3,(H2,32,33,38)(H2,31,34,35,36,37). The number of alkyl halides is 3. The van der Waals surface area contributed by atoms with Crippen molar-refractivity contribution >= 4 is 40.6 Å². The number of carbonyl (C=O) groups excluding carboxylic acids is 1. The zero-order chi connectivity index (χ0) is 27.4. The van der Waals surface area contributed by atoms with Crippen LogP contribution in [0.3, 0.4) is 0 Å². The van der Waals surface area contributed by atoms with E-state index in [4.69, 9.17) is 11.6 Å². The summed E-state index contributed by atoms with van der Waals surface area (Å²) in [7, 11) is 0. The molecule has 0 bridgehead atoms. The van der Waals surface area contributed by atoms with E-state index in [2.05, 4.69) is 50.0 Å². The molecule has 0 radical (unpaired) electrons. The highest BCUT2D eigenvalue weighted by Crippen LogP contribution is 2.36. The summed E-state index contributed by atoms with van der Waals surface area (Å²) in [5, 5.41) is 15.0. The molecule has 2 amide bonds. The fraction of sp³-hybridized carbons (Fsp3) is 0.231. The molecule has 38 heavy (non-hydrogen) atoms. The summed E-state index contributed by atoms with van der Waals surface area (Å²) in [6.07, 6.45) is -2.51. The lowest BCUT2D eigenvalue weighted by atomic mass is 10.0. The SMILES string of the molecule is Cc1cc(NC(=O)Nc2ccc(Cl)c(C(F)(F)F)c2)ccc1Cc1nccc(Nc2cc(C(C)C)n[nH]2)n1. The van der Waals surface area contributed by atoms with E-state index < -0.39 is 22.8 Å². The van der Waals surface area contributed by atoms with Crippen LogP contribution in [0, 0.1) is 6.92 Å². The number of urea groups is 1. The highest BCUT2D eigenvalue weighted by atomic mass is 35.5. The molecule has 0 spiro atoms. The Hall–Kier alpha value is -4.12. The van der Waals surface area contributed by atoms with Crippen molar-refractivity contribution in [2.45, 2.75) is 39.3 Å². The van der Waals surface area contributed by atoms with Gasteiger partial charge in [-0.15, -0.1) is 0 Å². The number of nitrogens with zero attached hydrogens (tertiary/aromatic N) is 3. The van der Waals surface area contributed by atoms with Gasteiger partial charge < -0.3 is 16.0 Å². The summed E-state index contributed by atoms with van der Waals surface area (Å²) >= 11 is 5.63. The van der Waals surface area contributed by atoms with Crippen molar-refractivity contribution in [3.63, 3.8) is 0 Å². The number of amides is 2. The zero-order valence-electron chi connectivity index (χ0n) is 20.7. The topological polar surface area (TPSA) is 108 Å². The van der Waals surface area contributed by atoms with Crippen molar-refractivity contribution in [2.24, 2.45) is 0 Å². The van der Waals surface area contributed by atoms with Crippen LogP contribution < -0.4 is 16.0 Å². The number of carbonyl (C=O) groups is 1.